The van der Waals surface area contributed by atoms with E-state index in [1.807, 2.05) is 17.0 Å². The molecule has 6 nitrogen and oxygen atoms in total. The summed E-state index contributed by atoms with van der Waals surface area (Å²) in [6.45, 7) is 5.97. The molecule has 4 heterocycles. The molecule has 2 aromatic rings. The molecule has 0 saturated carbocycles. The van der Waals surface area contributed by atoms with E-state index in [1.165, 1.54) is 12.0 Å². The number of nitrogens with zero attached hydrogens (tertiary/aromatic N) is 4. The number of hydrogen-bond donors (Lipinski definition) is 1. The maximum absolute atomic E-state index is 5.63. The molecule has 2 aliphatic heterocycles. The second kappa shape index (κ2) is 7.01. The molecule has 0 aliphatic carbocycles. The molecule has 2 saturated heterocycles. The van der Waals surface area contributed by atoms with Crippen molar-refractivity contribution in [1.82, 2.24) is 24.8 Å². The summed E-state index contributed by atoms with van der Waals surface area (Å²) in [5.41, 5.74) is 1.55. The fourth-order valence-corrected chi connectivity index (χ4v) is 3.90. The van der Waals surface area contributed by atoms with Gasteiger partial charge in [-0.2, -0.15) is 0 Å². The minimum absolute atomic E-state index is 0.283. The monoisotopic (exact) mass is 327 g/mol. The topological polar surface area (TPSA) is 55.2 Å². The van der Waals surface area contributed by atoms with E-state index in [-0.39, 0.29) is 5.54 Å². The lowest BCUT2D eigenvalue weighted by molar-refractivity contribution is -0.0308. The van der Waals surface area contributed by atoms with E-state index >= 15 is 0 Å². The standard InChI is InChI=1S/C18H25N5O/c1-2-17(22-9-7-20-15-22)21-13-16(1)14-23-10-8-19-6-3-18(23)4-11-24-12-5-18/h1-2,7,9,13,15,19H,3-6,8,10-12,14H2. The van der Waals surface area contributed by atoms with Gasteiger partial charge in [-0.1, -0.05) is 6.07 Å². The van der Waals surface area contributed by atoms with Crippen LogP contribution in [0.4, 0.5) is 0 Å². The third kappa shape index (κ3) is 3.22. The van der Waals surface area contributed by atoms with Gasteiger partial charge in [-0.25, -0.2) is 9.97 Å². The van der Waals surface area contributed by atoms with E-state index in [4.69, 9.17) is 4.74 Å². The second-order valence-electron chi connectivity index (χ2n) is 6.75. The summed E-state index contributed by atoms with van der Waals surface area (Å²) in [6, 6.07) is 4.26. The lowest BCUT2D eigenvalue weighted by Gasteiger charge is -2.45. The number of imidazole rings is 1. The fraction of sp³-hybridized carbons (Fsp3) is 0.556. The van der Waals surface area contributed by atoms with Crippen molar-refractivity contribution in [1.29, 1.82) is 0 Å². The highest BCUT2D eigenvalue weighted by Crippen LogP contribution is 2.33. The van der Waals surface area contributed by atoms with E-state index in [2.05, 4.69) is 32.3 Å². The van der Waals surface area contributed by atoms with Crippen LogP contribution in [0.3, 0.4) is 0 Å². The average molecular weight is 327 g/mol. The molecule has 6 heteroatoms. The van der Waals surface area contributed by atoms with Gasteiger partial charge in [0.2, 0.25) is 0 Å². The first-order chi connectivity index (χ1) is 11.9. The summed E-state index contributed by atoms with van der Waals surface area (Å²) in [5, 5.41) is 3.55. The Bertz CT molecular complexity index is 634. The number of rotatable bonds is 3. The summed E-state index contributed by atoms with van der Waals surface area (Å²) in [6.07, 6.45) is 10.9. The van der Waals surface area contributed by atoms with Crippen LogP contribution in [0, 0.1) is 0 Å². The SMILES string of the molecule is c1cn(-c2ccc(CN3CCNCCC34CCOCC4)cn2)cn1. The molecule has 0 amide bonds. The molecule has 0 atom stereocenters. The smallest absolute Gasteiger partial charge is 0.137 e. The minimum Gasteiger partial charge on any atom is -0.381 e. The van der Waals surface area contributed by atoms with Crippen LogP contribution in [0.25, 0.3) is 5.82 Å². The van der Waals surface area contributed by atoms with Crippen LogP contribution in [-0.2, 0) is 11.3 Å². The average Bonchev–Trinajstić information content (AvgIpc) is 3.10. The van der Waals surface area contributed by atoms with Gasteiger partial charge in [0.25, 0.3) is 0 Å². The molecular formula is C18H25N5O. The van der Waals surface area contributed by atoms with E-state index in [0.29, 0.717) is 0 Å². The molecule has 24 heavy (non-hydrogen) atoms. The quantitative estimate of drug-likeness (QED) is 0.928. The minimum atomic E-state index is 0.283. The first kappa shape index (κ1) is 15.7. The molecule has 2 aliphatic rings. The Kier molecular flexibility index (Phi) is 4.60. The summed E-state index contributed by atoms with van der Waals surface area (Å²) in [4.78, 5) is 11.3. The van der Waals surface area contributed by atoms with Gasteiger partial charge in [0.05, 0.1) is 0 Å². The normalized spacial score (nSPS) is 21.7. The predicted octanol–water partition coefficient (Wildman–Crippen LogP) is 1.61. The Labute approximate surface area is 142 Å². The third-order valence-corrected chi connectivity index (χ3v) is 5.37. The highest BCUT2D eigenvalue weighted by atomic mass is 16.5. The predicted molar refractivity (Wildman–Crippen MR) is 92.0 cm³/mol. The van der Waals surface area contributed by atoms with Gasteiger partial charge in [-0.05, 0) is 37.4 Å². The van der Waals surface area contributed by atoms with Crippen molar-refractivity contribution < 1.29 is 4.74 Å². The summed E-state index contributed by atoms with van der Waals surface area (Å²) < 4.78 is 7.56. The van der Waals surface area contributed by atoms with Crippen LogP contribution < -0.4 is 5.32 Å². The lowest BCUT2D eigenvalue weighted by Crippen LogP contribution is -2.52. The van der Waals surface area contributed by atoms with Crippen LogP contribution in [0.5, 0.6) is 0 Å². The first-order valence-electron chi connectivity index (χ1n) is 8.83. The van der Waals surface area contributed by atoms with Crippen LogP contribution >= 0.6 is 0 Å². The van der Waals surface area contributed by atoms with Crippen molar-refractivity contribution in [2.24, 2.45) is 0 Å². The molecule has 0 bridgehead atoms. The zero-order valence-electron chi connectivity index (χ0n) is 14.0. The highest BCUT2D eigenvalue weighted by Gasteiger charge is 2.38. The zero-order chi connectivity index (χ0) is 16.2. The van der Waals surface area contributed by atoms with Gasteiger partial charge in [-0.15, -0.1) is 0 Å². The van der Waals surface area contributed by atoms with Crippen molar-refractivity contribution in [3.8, 4) is 5.82 Å². The van der Waals surface area contributed by atoms with Crippen LogP contribution in [0.2, 0.25) is 0 Å². The molecular weight excluding hydrogens is 302 g/mol. The maximum Gasteiger partial charge on any atom is 0.137 e. The van der Waals surface area contributed by atoms with Crippen LogP contribution in [-0.4, -0.2) is 57.8 Å². The Morgan fingerprint density at radius 1 is 1.17 bits per heavy atom. The summed E-state index contributed by atoms with van der Waals surface area (Å²) in [5.74, 6) is 0.912. The third-order valence-electron chi connectivity index (χ3n) is 5.37. The van der Waals surface area contributed by atoms with E-state index in [1.54, 1.807) is 12.5 Å². The molecule has 4 rings (SSSR count). The molecule has 1 N–H and O–H groups in total. The lowest BCUT2D eigenvalue weighted by atomic mass is 9.84. The molecule has 2 aromatic heterocycles. The van der Waals surface area contributed by atoms with Gasteiger partial charge in [0.15, 0.2) is 0 Å². The molecule has 1 spiro atoms. The van der Waals surface area contributed by atoms with Crippen molar-refractivity contribution in [3.63, 3.8) is 0 Å². The zero-order valence-corrected chi connectivity index (χ0v) is 14.0. The number of hydrogen-bond acceptors (Lipinski definition) is 5. The second-order valence-corrected chi connectivity index (χ2v) is 6.75. The van der Waals surface area contributed by atoms with Crippen molar-refractivity contribution in [2.75, 3.05) is 32.8 Å². The van der Waals surface area contributed by atoms with Crippen molar-refractivity contribution >= 4 is 0 Å². The van der Waals surface area contributed by atoms with Gasteiger partial charge in [0.1, 0.15) is 12.1 Å². The molecule has 0 aromatic carbocycles. The summed E-state index contributed by atoms with van der Waals surface area (Å²) in [7, 11) is 0. The number of aromatic nitrogens is 3. The van der Waals surface area contributed by atoms with E-state index in [0.717, 1.165) is 58.1 Å². The Hall–Kier alpha value is -1.76. The van der Waals surface area contributed by atoms with Crippen molar-refractivity contribution in [3.05, 3.63) is 42.6 Å². The molecule has 128 valence electrons. The highest BCUT2D eigenvalue weighted by molar-refractivity contribution is 5.25. The van der Waals surface area contributed by atoms with Crippen LogP contribution in [0.15, 0.2) is 37.1 Å². The number of ether oxygens (including phenoxy) is 1. The summed E-state index contributed by atoms with van der Waals surface area (Å²) >= 11 is 0. The van der Waals surface area contributed by atoms with Gasteiger partial charge >= 0.3 is 0 Å². The Balaban J connectivity index is 1.51. The van der Waals surface area contributed by atoms with Gasteiger partial charge < -0.3 is 10.1 Å². The largest absolute Gasteiger partial charge is 0.381 e. The fourth-order valence-electron chi connectivity index (χ4n) is 3.90. The molecule has 0 radical (unpaired) electrons. The van der Waals surface area contributed by atoms with Crippen LogP contribution in [0.1, 0.15) is 24.8 Å². The first-order valence-corrected chi connectivity index (χ1v) is 8.83. The molecule has 0 unspecified atom stereocenters. The molecule has 2 fully saturated rings. The van der Waals surface area contributed by atoms with Gasteiger partial charge in [0, 0.05) is 57.0 Å². The van der Waals surface area contributed by atoms with E-state index < -0.39 is 0 Å². The number of pyridine rings is 1. The van der Waals surface area contributed by atoms with E-state index in [9.17, 15) is 0 Å². The Morgan fingerprint density at radius 2 is 2.08 bits per heavy atom. The van der Waals surface area contributed by atoms with Crippen molar-refractivity contribution in [2.45, 2.75) is 31.3 Å². The number of nitrogens with one attached hydrogen (secondary N) is 1. The van der Waals surface area contributed by atoms with Gasteiger partial charge in [-0.3, -0.25) is 9.47 Å². The maximum atomic E-state index is 5.63. The Morgan fingerprint density at radius 3 is 2.83 bits per heavy atom.